The van der Waals surface area contributed by atoms with Gasteiger partial charge in [-0.15, -0.1) is 0 Å². The lowest BCUT2D eigenvalue weighted by Gasteiger charge is -2.27. The summed E-state index contributed by atoms with van der Waals surface area (Å²) in [6.07, 6.45) is 8.26. The third-order valence-corrected chi connectivity index (χ3v) is 10.1. The van der Waals surface area contributed by atoms with Gasteiger partial charge in [-0.3, -0.25) is 14.4 Å². The van der Waals surface area contributed by atoms with Crippen LogP contribution in [-0.4, -0.2) is 65.2 Å². The van der Waals surface area contributed by atoms with Gasteiger partial charge >= 0.3 is 5.97 Å². The number of nitrogen functional groups attached to an aromatic ring is 1. The van der Waals surface area contributed by atoms with E-state index in [0.717, 1.165) is 72.8 Å². The number of nitrogens with one attached hydrogen (secondary N) is 1. The molecule has 56 heavy (non-hydrogen) atoms. The molecule has 0 unspecified atom stereocenters. The number of imidazole rings is 1. The zero-order valence-corrected chi connectivity index (χ0v) is 31.5. The number of pyridine rings is 1. The SMILES string of the molecule is CCCCc1nc2c(N)nc3ccccc3c2n1CCCCCC(=O)C1CCC(C(=O)NCCOCCOCCC(=O)Oc2c(F)c(F)c(F)c(F)c2F)CC1. The summed E-state index contributed by atoms with van der Waals surface area (Å²) in [5.41, 5.74) is 8.95. The van der Waals surface area contributed by atoms with E-state index in [4.69, 9.17) is 20.2 Å². The highest BCUT2D eigenvalue weighted by atomic mass is 19.2. The minimum Gasteiger partial charge on any atom is -0.420 e. The average molecular weight is 790 g/mol. The molecule has 2 aromatic carbocycles. The number of Topliss-reactive ketones (excluding diaryl/α,β-unsaturated/α-hetero) is 1. The van der Waals surface area contributed by atoms with E-state index in [1.54, 1.807) is 0 Å². The van der Waals surface area contributed by atoms with Crippen molar-refractivity contribution in [2.24, 2.45) is 11.8 Å². The van der Waals surface area contributed by atoms with Crippen molar-refractivity contribution in [2.75, 3.05) is 38.7 Å². The summed E-state index contributed by atoms with van der Waals surface area (Å²) in [6.45, 7) is 3.31. The van der Waals surface area contributed by atoms with E-state index in [1.165, 1.54) is 0 Å². The number of fused-ring (bicyclic) bond motifs is 3. The van der Waals surface area contributed by atoms with Crippen molar-refractivity contribution >= 4 is 45.4 Å². The number of hydrogen-bond donors (Lipinski definition) is 2. The number of rotatable bonds is 21. The molecule has 0 spiro atoms. The number of anilines is 1. The Morgan fingerprint density at radius 1 is 0.804 bits per heavy atom. The Hall–Kier alpha value is -4.70. The number of nitrogens with zero attached hydrogens (tertiary/aromatic N) is 3. The Morgan fingerprint density at radius 3 is 2.18 bits per heavy atom. The summed E-state index contributed by atoms with van der Waals surface area (Å²) in [5.74, 6) is -12.8. The van der Waals surface area contributed by atoms with Gasteiger partial charge in [0.05, 0.1) is 43.9 Å². The lowest BCUT2D eigenvalue weighted by atomic mass is 9.78. The van der Waals surface area contributed by atoms with Gasteiger partial charge in [-0.2, -0.15) is 8.78 Å². The Bertz CT molecular complexity index is 1970. The maximum absolute atomic E-state index is 13.6. The fraction of sp³-hybridized carbons (Fsp3) is 0.525. The van der Waals surface area contributed by atoms with Crippen LogP contribution in [0, 0.1) is 40.9 Å². The van der Waals surface area contributed by atoms with Crippen molar-refractivity contribution < 1.29 is 50.5 Å². The van der Waals surface area contributed by atoms with Crippen LogP contribution < -0.4 is 15.8 Å². The summed E-state index contributed by atoms with van der Waals surface area (Å²) in [5, 5.41) is 3.89. The first-order valence-corrected chi connectivity index (χ1v) is 19.2. The normalized spacial score (nSPS) is 15.8. The topological polar surface area (TPSA) is 148 Å². The third kappa shape index (κ3) is 10.6. The summed E-state index contributed by atoms with van der Waals surface area (Å²) in [4.78, 5) is 47.0. The first-order valence-electron chi connectivity index (χ1n) is 19.2. The molecule has 11 nitrogen and oxygen atoms in total. The molecule has 3 N–H and O–H groups in total. The molecule has 0 radical (unpaired) electrons. The number of para-hydroxylation sites is 1. The molecule has 4 aromatic rings. The first kappa shape index (κ1) is 42.4. The zero-order chi connectivity index (χ0) is 40.2. The molecule has 2 aromatic heterocycles. The Morgan fingerprint density at radius 2 is 1.46 bits per heavy atom. The number of ketones is 1. The van der Waals surface area contributed by atoms with Gasteiger partial charge in [-0.25, -0.2) is 23.1 Å². The van der Waals surface area contributed by atoms with Gasteiger partial charge in [0.2, 0.25) is 40.7 Å². The van der Waals surface area contributed by atoms with Crippen LogP contribution in [0.25, 0.3) is 21.9 Å². The molecule has 16 heteroatoms. The quantitative estimate of drug-likeness (QED) is 0.0222. The van der Waals surface area contributed by atoms with Gasteiger partial charge in [0.25, 0.3) is 0 Å². The second-order valence-corrected chi connectivity index (χ2v) is 14.0. The van der Waals surface area contributed by atoms with Gasteiger partial charge < -0.3 is 29.8 Å². The van der Waals surface area contributed by atoms with Crippen molar-refractivity contribution in [3.8, 4) is 5.75 Å². The fourth-order valence-electron chi connectivity index (χ4n) is 7.01. The van der Waals surface area contributed by atoms with Crippen molar-refractivity contribution in [3.05, 3.63) is 59.2 Å². The van der Waals surface area contributed by atoms with Crippen molar-refractivity contribution in [2.45, 2.75) is 90.5 Å². The van der Waals surface area contributed by atoms with Gasteiger partial charge in [0.15, 0.2) is 5.82 Å². The standard InChI is InChI=1S/C40H48F5N5O6/c1-2-3-12-29-49-36-37(26-9-6-7-10-27(26)48-39(36)46)50(29)19-8-4-5-11-28(51)24-13-15-25(16-14-24)40(53)47-18-21-55-23-22-54-20-17-30(52)56-38-34(44)32(42)31(41)33(43)35(38)45/h6-7,9-10,24-25H,2-5,8,11-23H2,1H3,(H2,46,48)(H,47,53). The van der Waals surface area contributed by atoms with E-state index >= 15 is 0 Å². The molecule has 1 amide bonds. The van der Waals surface area contributed by atoms with Crippen LogP contribution in [0.3, 0.4) is 0 Å². The van der Waals surface area contributed by atoms with E-state index in [0.29, 0.717) is 37.9 Å². The molecule has 5 rings (SSSR count). The molecule has 0 aliphatic heterocycles. The van der Waals surface area contributed by atoms with Crippen molar-refractivity contribution in [1.82, 2.24) is 19.9 Å². The van der Waals surface area contributed by atoms with Crippen LogP contribution in [0.1, 0.15) is 83.4 Å². The van der Waals surface area contributed by atoms with Gasteiger partial charge in [-0.1, -0.05) is 38.0 Å². The number of esters is 1. The predicted octanol–water partition coefficient (Wildman–Crippen LogP) is 7.29. The minimum atomic E-state index is -2.36. The fourth-order valence-corrected chi connectivity index (χ4v) is 7.01. The Labute approximate surface area is 321 Å². The lowest BCUT2D eigenvalue weighted by molar-refractivity contribution is -0.136. The smallest absolute Gasteiger partial charge is 0.313 e. The second kappa shape index (κ2) is 20.5. The number of halogens is 5. The maximum atomic E-state index is 13.6. The molecule has 1 fully saturated rings. The van der Waals surface area contributed by atoms with E-state index < -0.39 is 47.2 Å². The highest BCUT2D eigenvalue weighted by Crippen LogP contribution is 2.32. The van der Waals surface area contributed by atoms with E-state index in [9.17, 15) is 36.3 Å². The van der Waals surface area contributed by atoms with Gasteiger partial charge in [0.1, 0.15) is 17.1 Å². The molecule has 0 saturated heterocycles. The van der Waals surface area contributed by atoms with E-state index in [1.807, 2.05) is 18.2 Å². The number of nitrogens with two attached hydrogens (primary N) is 1. The van der Waals surface area contributed by atoms with Crippen LogP contribution in [0.5, 0.6) is 5.75 Å². The number of carbonyl (C=O) groups excluding carboxylic acids is 3. The molecular weight excluding hydrogens is 741 g/mol. The molecule has 2 heterocycles. The number of ether oxygens (including phenoxy) is 3. The minimum absolute atomic E-state index is 0.0273. The molecule has 304 valence electrons. The largest absolute Gasteiger partial charge is 0.420 e. The summed E-state index contributed by atoms with van der Waals surface area (Å²) in [7, 11) is 0. The number of unbranched alkanes of at least 4 members (excludes halogenated alkanes) is 3. The van der Waals surface area contributed by atoms with Crippen molar-refractivity contribution in [1.29, 1.82) is 0 Å². The number of aryl methyl sites for hydroxylation is 2. The number of carbonyl (C=O) groups is 3. The van der Waals surface area contributed by atoms with E-state index in [-0.39, 0.29) is 56.5 Å². The van der Waals surface area contributed by atoms with E-state index in [2.05, 4.69) is 32.6 Å². The first-order chi connectivity index (χ1) is 27.0. The third-order valence-electron chi connectivity index (χ3n) is 10.1. The maximum Gasteiger partial charge on any atom is 0.313 e. The van der Waals surface area contributed by atoms with Crippen LogP contribution in [0.15, 0.2) is 24.3 Å². The van der Waals surface area contributed by atoms with Crippen molar-refractivity contribution in [3.63, 3.8) is 0 Å². The number of benzene rings is 2. The molecular formula is C40H48F5N5O6. The highest BCUT2D eigenvalue weighted by molar-refractivity contribution is 6.06. The molecule has 1 saturated carbocycles. The molecule has 1 aliphatic rings. The molecule has 0 atom stereocenters. The van der Waals surface area contributed by atoms with Gasteiger partial charge in [0, 0.05) is 43.2 Å². The molecule has 0 bridgehead atoms. The predicted molar refractivity (Wildman–Crippen MR) is 198 cm³/mol. The lowest BCUT2D eigenvalue weighted by Crippen LogP contribution is -2.36. The Balaban J connectivity index is 0.920. The Kier molecular flexibility index (Phi) is 15.5. The summed E-state index contributed by atoms with van der Waals surface area (Å²) in [6, 6.07) is 7.98. The van der Waals surface area contributed by atoms with Crippen LogP contribution in [-0.2, 0) is 36.8 Å². The zero-order valence-electron chi connectivity index (χ0n) is 31.5. The second-order valence-electron chi connectivity index (χ2n) is 14.0. The van der Waals surface area contributed by atoms with Gasteiger partial charge in [-0.05, 0) is 51.0 Å². The monoisotopic (exact) mass is 789 g/mol. The molecule has 1 aliphatic carbocycles. The summed E-state index contributed by atoms with van der Waals surface area (Å²) >= 11 is 0. The number of aromatic nitrogens is 3. The van der Waals surface area contributed by atoms with Crippen LogP contribution in [0.2, 0.25) is 0 Å². The highest BCUT2D eigenvalue weighted by Gasteiger charge is 2.30. The van der Waals surface area contributed by atoms with Crippen LogP contribution in [0.4, 0.5) is 27.8 Å². The number of amides is 1. The summed E-state index contributed by atoms with van der Waals surface area (Å²) < 4.78 is 84.1. The average Bonchev–Trinajstić information content (AvgIpc) is 3.58. The number of hydrogen-bond acceptors (Lipinski definition) is 9. The van der Waals surface area contributed by atoms with Crippen LogP contribution >= 0.6 is 0 Å².